The van der Waals surface area contributed by atoms with Gasteiger partial charge in [0.15, 0.2) is 0 Å². The van der Waals surface area contributed by atoms with Gasteiger partial charge >= 0.3 is 0 Å². The van der Waals surface area contributed by atoms with E-state index < -0.39 is 0 Å². The molecule has 0 unspecified atom stereocenters. The van der Waals surface area contributed by atoms with Crippen molar-refractivity contribution in [3.05, 3.63) is 84.9 Å². The zero-order chi connectivity index (χ0) is 19.2. The van der Waals surface area contributed by atoms with E-state index in [0.29, 0.717) is 0 Å². The summed E-state index contributed by atoms with van der Waals surface area (Å²) in [6, 6.07) is 30.6. The van der Waals surface area contributed by atoms with Crippen LogP contribution in [-0.4, -0.2) is 0 Å². The van der Waals surface area contributed by atoms with Crippen LogP contribution in [0.25, 0.3) is 43.1 Å². The van der Waals surface area contributed by atoms with Crippen molar-refractivity contribution < 1.29 is 0 Å². The third-order valence-corrected chi connectivity index (χ3v) is 4.63. The van der Waals surface area contributed by atoms with Crippen LogP contribution in [0, 0.1) is 0 Å². The second kappa shape index (κ2) is 8.68. The summed E-state index contributed by atoms with van der Waals surface area (Å²) in [7, 11) is 0. The Balaban J connectivity index is 0.000000386. The lowest BCUT2D eigenvalue weighted by Gasteiger charge is -2.12. The van der Waals surface area contributed by atoms with Crippen molar-refractivity contribution >= 4 is 43.1 Å². The molecule has 0 saturated heterocycles. The zero-order valence-electron chi connectivity index (χ0n) is 16.8. The van der Waals surface area contributed by atoms with Crippen molar-refractivity contribution in [1.82, 2.24) is 0 Å². The van der Waals surface area contributed by atoms with Crippen LogP contribution in [0.4, 0.5) is 0 Å². The fourth-order valence-corrected chi connectivity index (χ4v) is 3.67. The molecule has 136 valence electrons. The summed E-state index contributed by atoms with van der Waals surface area (Å²) < 4.78 is 0. The molecule has 0 saturated carbocycles. The Morgan fingerprint density at radius 2 is 0.815 bits per heavy atom. The van der Waals surface area contributed by atoms with Crippen molar-refractivity contribution in [3.63, 3.8) is 0 Å². The van der Waals surface area contributed by atoms with Gasteiger partial charge in [-0.3, -0.25) is 0 Å². The molecule has 0 aromatic heterocycles. The SMILES string of the molecule is CC.CCC.c1ccc2c(c1)ccc1c3ccccc3c3ccccc3c21. The molecule has 0 aliphatic carbocycles. The van der Waals surface area contributed by atoms with E-state index in [4.69, 9.17) is 0 Å². The van der Waals surface area contributed by atoms with Gasteiger partial charge in [0.25, 0.3) is 0 Å². The molecule has 0 bridgehead atoms. The second-order valence-corrected chi connectivity index (χ2v) is 6.51. The summed E-state index contributed by atoms with van der Waals surface area (Å²) in [5.74, 6) is 0. The maximum atomic E-state index is 2.27. The lowest BCUT2D eigenvalue weighted by molar-refractivity contribution is 1.09. The summed E-state index contributed by atoms with van der Waals surface area (Å²) in [5.41, 5.74) is 0. The van der Waals surface area contributed by atoms with Gasteiger partial charge < -0.3 is 0 Å². The topological polar surface area (TPSA) is 0 Å². The zero-order valence-corrected chi connectivity index (χ0v) is 16.8. The van der Waals surface area contributed by atoms with E-state index in [1.807, 2.05) is 13.8 Å². The molecule has 0 fully saturated rings. The fraction of sp³-hybridized carbons (Fsp3) is 0.185. The number of rotatable bonds is 0. The molecule has 0 heterocycles. The van der Waals surface area contributed by atoms with Gasteiger partial charge in [-0.25, -0.2) is 0 Å². The summed E-state index contributed by atoms with van der Waals surface area (Å²) in [5, 5.41) is 10.7. The highest BCUT2D eigenvalue weighted by molar-refractivity contribution is 6.31. The van der Waals surface area contributed by atoms with Crippen molar-refractivity contribution in [2.45, 2.75) is 34.1 Å². The molecular weight excluding hydrogens is 324 g/mol. The smallest absolute Gasteiger partial charge is 0.00204 e. The van der Waals surface area contributed by atoms with E-state index in [1.54, 1.807) is 0 Å². The Kier molecular flexibility index (Phi) is 6.08. The summed E-state index contributed by atoms with van der Waals surface area (Å²) in [6.07, 6.45) is 1.25. The van der Waals surface area contributed by atoms with Crippen LogP contribution in [-0.2, 0) is 0 Å². The summed E-state index contributed by atoms with van der Waals surface area (Å²) in [6.45, 7) is 8.25. The lowest BCUT2D eigenvalue weighted by atomic mass is 9.91. The minimum Gasteiger partial charge on any atom is -0.0683 e. The lowest BCUT2D eigenvalue weighted by Crippen LogP contribution is -1.84. The van der Waals surface area contributed by atoms with Gasteiger partial charge in [-0.05, 0) is 43.1 Å². The van der Waals surface area contributed by atoms with E-state index in [-0.39, 0.29) is 0 Å². The quantitative estimate of drug-likeness (QED) is 0.244. The molecule has 5 aromatic rings. The van der Waals surface area contributed by atoms with Crippen molar-refractivity contribution in [2.75, 3.05) is 0 Å². The molecule has 0 amide bonds. The Bertz CT molecular complexity index is 1140. The Morgan fingerprint density at radius 3 is 1.37 bits per heavy atom. The first-order chi connectivity index (χ1) is 13.3. The summed E-state index contributed by atoms with van der Waals surface area (Å²) >= 11 is 0. The van der Waals surface area contributed by atoms with Gasteiger partial charge in [-0.2, -0.15) is 0 Å². The van der Waals surface area contributed by atoms with E-state index in [1.165, 1.54) is 49.5 Å². The number of hydrogen-bond acceptors (Lipinski definition) is 0. The van der Waals surface area contributed by atoms with Crippen LogP contribution >= 0.6 is 0 Å². The predicted molar refractivity (Wildman–Crippen MR) is 124 cm³/mol. The van der Waals surface area contributed by atoms with E-state index >= 15 is 0 Å². The molecule has 0 nitrogen and oxygen atoms in total. The molecule has 27 heavy (non-hydrogen) atoms. The van der Waals surface area contributed by atoms with Crippen LogP contribution in [0.3, 0.4) is 0 Å². The minimum atomic E-state index is 1.25. The van der Waals surface area contributed by atoms with Crippen LogP contribution in [0.5, 0.6) is 0 Å². The number of hydrogen-bond donors (Lipinski definition) is 0. The molecule has 5 rings (SSSR count). The highest BCUT2D eigenvalue weighted by atomic mass is 14.1. The Morgan fingerprint density at radius 1 is 0.444 bits per heavy atom. The molecular formula is C27H28. The van der Waals surface area contributed by atoms with Crippen LogP contribution in [0.15, 0.2) is 84.9 Å². The van der Waals surface area contributed by atoms with E-state index in [2.05, 4.69) is 98.8 Å². The van der Waals surface area contributed by atoms with Crippen molar-refractivity contribution in [2.24, 2.45) is 0 Å². The van der Waals surface area contributed by atoms with E-state index in [0.717, 1.165) is 0 Å². The average molecular weight is 353 g/mol. The number of fused-ring (bicyclic) bond motifs is 8. The fourth-order valence-electron chi connectivity index (χ4n) is 3.67. The Hall–Kier alpha value is -2.86. The molecule has 5 aromatic carbocycles. The van der Waals surface area contributed by atoms with Gasteiger partial charge in [0.2, 0.25) is 0 Å². The van der Waals surface area contributed by atoms with Gasteiger partial charge in [0.1, 0.15) is 0 Å². The average Bonchev–Trinajstić information content (AvgIpc) is 2.75. The molecule has 0 heteroatoms. The monoisotopic (exact) mass is 352 g/mol. The third-order valence-electron chi connectivity index (χ3n) is 4.63. The number of benzene rings is 5. The highest BCUT2D eigenvalue weighted by Crippen LogP contribution is 2.38. The van der Waals surface area contributed by atoms with Gasteiger partial charge in [-0.1, -0.05) is 119 Å². The first-order valence-corrected chi connectivity index (χ1v) is 10.1. The third kappa shape index (κ3) is 3.40. The molecule has 0 atom stereocenters. The van der Waals surface area contributed by atoms with Crippen LogP contribution in [0.1, 0.15) is 34.1 Å². The first-order valence-electron chi connectivity index (χ1n) is 10.1. The maximum absolute atomic E-state index is 2.27. The normalized spacial score (nSPS) is 10.4. The molecule has 0 aliphatic heterocycles. The Labute approximate surface area is 162 Å². The predicted octanol–water partition coefficient (Wildman–Crippen LogP) is 8.74. The maximum Gasteiger partial charge on any atom is -0.00204 e. The molecule has 0 N–H and O–H groups in total. The largest absolute Gasteiger partial charge is 0.0683 e. The molecule has 0 aliphatic rings. The summed E-state index contributed by atoms with van der Waals surface area (Å²) in [4.78, 5) is 0. The van der Waals surface area contributed by atoms with Gasteiger partial charge in [-0.15, -0.1) is 0 Å². The van der Waals surface area contributed by atoms with Crippen LogP contribution < -0.4 is 0 Å². The molecule has 0 radical (unpaired) electrons. The highest BCUT2D eigenvalue weighted by Gasteiger charge is 2.10. The van der Waals surface area contributed by atoms with Crippen LogP contribution in [0.2, 0.25) is 0 Å². The van der Waals surface area contributed by atoms with E-state index in [9.17, 15) is 0 Å². The molecule has 0 spiro atoms. The van der Waals surface area contributed by atoms with Crippen molar-refractivity contribution in [1.29, 1.82) is 0 Å². The van der Waals surface area contributed by atoms with Crippen molar-refractivity contribution in [3.8, 4) is 0 Å². The standard InChI is InChI=1S/C22H14.C3H8.C2H6/c1-2-8-16-15(7-1)13-14-21-19-11-4-3-9-17(19)18-10-5-6-12-20(18)22(16)21;1-3-2;1-2/h1-14H;3H2,1-2H3;1-2H3. The van der Waals surface area contributed by atoms with Gasteiger partial charge in [0, 0.05) is 0 Å². The first kappa shape index (κ1) is 18.9. The van der Waals surface area contributed by atoms with Gasteiger partial charge in [0.05, 0.1) is 0 Å². The second-order valence-electron chi connectivity index (χ2n) is 6.51. The minimum absolute atomic E-state index is 1.25.